The predicted molar refractivity (Wildman–Crippen MR) is 57.2 cm³/mol. The second-order valence-electron chi connectivity index (χ2n) is 3.93. The molecule has 15 heavy (non-hydrogen) atoms. The maximum atomic E-state index is 10.9. The summed E-state index contributed by atoms with van der Waals surface area (Å²) < 4.78 is 1.99. The summed E-state index contributed by atoms with van der Waals surface area (Å²) in [6.45, 7) is 4.16. The molecule has 1 amide bonds. The highest BCUT2D eigenvalue weighted by atomic mass is 16.1. The van der Waals surface area contributed by atoms with E-state index in [-0.39, 0.29) is 5.91 Å². The van der Waals surface area contributed by atoms with Crippen molar-refractivity contribution in [3.05, 3.63) is 31.1 Å². The van der Waals surface area contributed by atoms with Crippen molar-refractivity contribution < 1.29 is 4.79 Å². The smallest absolute Gasteiger partial charge is 0.243 e. The van der Waals surface area contributed by atoms with Gasteiger partial charge in [0.15, 0.2) is 0 Å². The van der Waals surface area contributed by atoms with E-state index in [2.05, 4.69) is 17.0 Å². The highest BCUT2D eigenvalue weighted by Crippen LogP contribution is 2.36. The highest BCUT2D eigenvalue weighted by Gasteiger charge is 2.30. The van der Waals surface area contributed by atoms with Crippen LogP contribution in [0.3, 0.4) is 0 Å². The molecule has 0 bridgehead atoms. The number of rotatable bonds is 4. The van der Waals surface area contributed by atoms with Crippen LogP contribution in [0.4, 0.5) is 0 Å². The van der Waals surface area contributed by atoms with Crippen LogP contribution in [-0.2, 0) is 4.79 Å². The monoisotopic (exact) mass is 205 g/mol. The van der Waals surface area contributed by atoms with E-state index in [0.29, 0.717) is 12.0 Å². The zero-order valence-electron chi connectivity index (χ0n) is 8.60. The minimum atomic E-state index is -0.0856. The maximum Gasteiger partial charge on any atom is 0.243 e. The first kappa shape index (κ1) is 9.96. The Bertz CT molecular complexity index is 339. The molecule has 0 aliphatic heterocycles. The molecule has 4 heteroatoms. The van der Waals surface area contributed by atoms with Crippen molar-refractivity contribution in [2.24, 2.45) is 5.92 Å². The van der Waals surface area contributed by atoms with E-state index in [9.17, 15) is 4.79 Å². The third-order valence-electron chi connectivity index (χ3n) is 2.86. The number of nitrogens with one attached hydrogen (secondary N) is 1. The van der Waals surface area contributed by atoms with Gasteiger partial charge in [0.1, 0.15) is 0 Å². The third-order valence-corrected chi connectivity index (χ3v) is 2.86. The van der Waals surface area contributed by atoms with Crippen molar-refractivity contribution in [1.29, 1.82) is 0 Å². The predicted octanol–water partition coefficient (Wildman–Crippen LogP) is 1.14. The summed E-state index contributed by atoms with van der Waals surface area (Å²) in [5.74, 6) is 0.501. The van der Waals surface area contributed by atoms with Crippen molar-refractivity contribution in [1.82, 2.24) is 15.1 Å². The van der Waals surface area contributed by atoms with Gasteiger partial charge in [-0.15, -0.1) is 0 Å². The first-order chi connectivity index (χ1) is 7.29. The molecule has 1 N–H and O–H groups in total. The topological polar surface area (TPSA) is 46.9 Å². The molecule has 1 saturated carbocycles. The Morgan fingerprint density at radius 1 is 1.67 bits per heavy atom. The van der Waals surface area contributed by atoms with Gasteiger partial charge in [-0.25, -0.2) is 0 Å². The molecule has 0 atom stereocenters. The molecular weight excluding hydrogens is 190 g/mol. The number of aromatic nitrogens is 2. The number of amides is 1. The van der Waals surface area contributed by atoms with Crippen LogP contribution in [0.15, 0.2) is 31.1 Å². The lowest BCUT2D eigenvalue weighted by molar-refractivity contribution is -0.116. The first-order valence-electron chi connectivity index (χ1n) is 5.19. The molecule has 1 aliphatic carbocycles. The molecule has 2 rings (SSSR count). The summed E-state index contributed by atoms with van der Waals surface area (Å²) in [5, 5.41) is 7.01. The van der Waals surface area contributed by atoms with Gasteiger partial charge in [0.2, 0.25) is 5.91 Å². The van der Waals surface area contributed by atoms with Crippen LogP contribution in [0, 0.1) is 5.92 Å². The molecular formula is C11H15N3O. The Morgan fingerprint density at radius 3 is 3.07 bits per heavy atom. The molecule has 0 unspecified atom stereocenters. The summed E-state index contributed by atoms with van der Waals surface area (Å²) in [6.07, 6.45) is 7.29. The van der Waals surface area contributed by atoms with Gasteiger partial charge in [-0.05, 0) is 30.9 Å². The van der Waals surface area contributed by atoms with E-state index < -0.39 is 0 Å². The van der Waals surface area contributed by atoms with Crippen molar-refractivity contribution in [2.45, 2.75) is 18.9 Å². The quantitative estimate of drug-likeness (QED) is 0.749. The van der Waals surface area contributed by atoms with E-state index in [1.54, 1.807) is 6.20 Å². The van der Waals surface area contributed by atoms with Crippen LogP contribution in [0.25, 0.3) is 0 Å². The van der Waals surface area contributed by atoms with E-state index in [1.807, 2.05) is 16.9 Å². The maximum absolute atomic E-state index is 10.9. The Kier molecular flexibility index (Phi) is 2.85. The van der Waals surface area contributed by atoms with Crippen LogP contribution < -0.4 is 5.32 Å². The van der Waals surface area contributed by atoms with Crippen molar-refractivity contribution in [3.8, 4) is 0 Å². The van der Waals surface area contributed by atoms with Gasteiger partial charge in [0.25, 0.3) is 0 Å². The summed E-state index contributed by atoms with van der Waals surface area (Å²) in [6, 6.07) is 2.46. The van der Waals surface area contributed by atoms with Crippen LogP contribution in [0.2, 0.25) is 0 Å². The Balaban J connectivity index is 1.70. The molecule has 1 fully saturated rings. The largest absolute Gasteiger partial charge is 0.352 e. The van der Waals surface area contributed by atoms with Crippen molar-refractivity contribution in [3.63, 3.8) is 0 Å². The second kappa shape index (κ2) is 4.29. The summed E-state index contributed by atoms with van der Waals surface area (Å²) in [5.41, 5.74) is 0. The fraction of sp³-hybridized carbons (Fsp3) is 0.455. The zero-order chi connectivity index (χ0) is 10.7. The van der Waals surface area contributed by atoms with Gasteiger partial charge in [-0.2, -0.15) is 5.10 Å². The zero-order valence-corrected chi connectivity index (χ0v) is 8.60. The molecule has 0 aromatic carbocycles. The number of carbonyl (C=O) groups excluding carboxylic acids is 1. The molecule has 1 heterocycles. The SMILES string of the molecule is C=CC(=O)NCC1CC(n2cccn2)C1. The van der Waals surface area contributed by atoms with E-state index in [0.717, 1.165) is 19.4 Å². The van der Waals surface area contributed by atoms with E-state index in [4.69, 9.17) is 0 Å². The van der Waals surface area contributed by atoms with E-state index >= 15 is 0 Å². The molecule has 1 aromatic heterocycles. The molecule has 1 aliphatic rings. The lowest BCUT2D eigenvalue weighted by Gasteiger charge is -2.35. The summed E-state index contributed by atoms with van der Waals surface area (Å²) >= 11 is 0. The fourth-order valence-corrected chi connectivity index (χ4v) is 1.90. The molecule has 80 valence electrons. The fourth-order valence-electron chi connectivity index (χ4n) is 1.90. The summed E-state index contributed by atoms with van der Waals surface area (Å²) in [4.78, 5) is 10.9. The normalized spacial score (nSPS) is 24.3. The van der Waals surface area contributed by atoms with Gasteiger partial charge in [-0.3, -0.25) is 9.48 Å². The number of carbonyl (C=O) groups is 1. The second-order valence-corrected chi connectivity index (χ2v) is 3.93. The highest BCUT2D eigenvalue weighted by molar-refractivity contribution is 5.86. The Morgan fingerprint density at radius 2 is 2.47 bits per heavy atom. The minimum absolute atomic E-state index is 0.0856. The van der Waals surface area contributed by atoms with Crippen LogP contribution in [0.5, 0.6) is 0 Å². The van der Waals surface area contributed by atoms with Crippen molar-refractivity contribution >= 4 is 5.91 Å². The van der Waals surface area contributed by atoms with Gasteiger partial charge in [-0.1, -0.05) is 6.58 Å². The number of nitrogens with zero attached hydrogens (tertiary/aromatic N) is 2. The number of hydrogen-bond acceptors (Lipinski definition) is 2. The van der Waals surface area contributed by atoms with Gasteiger partial charge >= 0.3 is 0 Å². The van der Waals surface area contributed by atoms with Gasteiger partial charge in [0.05, 0.1) is 6.04 Å². The minimum Gasteiger partial charge on any atom is -0.352 e. The molecule has 0 saturated heterocycles. The lowest BCUT2D eigenvalue weighted by Crippen LogP contribution is -2.36. The van der Waals surface area contributed by atoms with Crippen LogP contribution in [0.1, 0.15) is 18.9 Å². The van der Waals surface area contributed by atoms with Gasteiger partial charge in [0, 0.05) is 18.9 Å². The standard InChI is InChI=1S/C11H15N3O/c1-2-11(15)12-8-9-6-10(7-9)14-5-3-4-13-14/h2-5,9-10H,1,6-8H2,(H,12,15). The molecule has 0 spiro atoms. The average molecular weight is 205 g/mol. The molecule has 0 radical (unpaired) electrons. The van der Waals surface area contributed by atoms with E-state index in [1.165, 1.54) is 6.08 Å². The molecule has 4 nitrogen and oxygen atoms in total. The number of hydrogen-bond donors (Lipinski definition) is 1. The lowest BCUT2D eigenvalue weighted by atomic mass is 9.80. The summed E-state index contributed by atoms with van der Waals surface area (Å²) in [7, 11) is 0. The first-order valence-corrected chi connectivity index (χ1v) is 5.19. The Labute approximate surface area is 89.0 Å². The molecule has 1 aromatic rings. The van der Waals surface area contributed by atoms with Crippen LogP contribution >= 0.6 is 0 Å². The Hall–Kier alpha value is -1.58. The van der Waals surface area contributed by atoms with Gasteiger partial charge < -0.3 is 5.32 Å². The van der Waals surface area contributed by atoms with Crippen LogP contribution in [-0.4, -0.2) is 22.2 Å². The van der Waals surface area contributed by atoms with Crippen molar-refractivity contribution in [2.75, 3.05) is 6.54 Å². The third kappa shape index (κ3) is 2.26. The average Bonchev–Trinajstić information content (AvgIpc) is 2.68.